The molecule has 0 saturated carbocycles. The quantitative estimate of drug-likeness (QED) is 0.336. The van der Waals surface area contributed by atoms with Gasteiger partial charge >= 0.3 is 0 Å². The summed E-state index contributed by atoms with van der Waals surface area (Å²) in [6.07, 6.45) is 1.49. The van der Waals surface area contributed by atoms with Crippen LogP contribution in [0.4, 0.5) is 5.69 Å². The van der Waals surface area contributed by atoms with Gasteiger partial charge < -0.3 is 14.3 Å². The number of Topliss-reactive ketones (excluding diaryl/α,β-unsaturated/α-hetero) is 1. The molecule has 0 spiro atoms. The van der Waals surface area contributed by atoms with Gasteiger partial charge in [-0.1, -0.05) is 12.1 Å². The lowest BCUT2D eigenvalue weighted by Gasteiger charge is -2.23. The maximum absolute atomic E-state index is 13.1. The first-order valence-electron chi connectivity index (χ1n) is 10.5. The fourth-order valence-corrected chi connectivity index (χ4v) is 3.82. The zero-order valence-corrected chi connectivity index (χ0v) is 18.5. The van der Waals surface area contributed by atoms with Crippen molar-refractivity contribution in [3.05, 3.63) is 88.9 Å². The summed E-state index contributed by atoms with van der Waals surface area (Å²) in [7, 11) is 0. The average Bonchev–Trinajstić information content (AvgIpc) is 3.37. The summed E-state index contributed by atoms with van der Waals surface area (Å²) in [5, 5.41) is 11.1. The lowest BCUT2D eigenvalue weighted by atomic mass is 9.97. The lowest BCUT2D eigenvalue weighted by molar-refractivity contribution is -0.132. The van der Waals surface area contributed by atoms with Crippen LogP contribution in [0.2, 0.25) is 0 Å². The molecule has 1 unspecified atom stereocenters. The monoisotopic (exact) mass is 431 g/mol. The number of carbonyl (C=O) groups is 2. The summed E-state index contributed by atoms with van der Waals surface area (Å²) >= 11 is 0. The fraction of sp³-hybridized carbons (Fsp3) is 0.231. The molecule has 2 heterocycles. The van der Waals surface area contributed by atoms with Crippen molar-refractivity contribution in [3.8, 4) is 5.75 Å². The molecule has 0 aliphatic carbocycles. The molecule has 32 heavy (non-hydrogen) atoms. The van der Waals surface area contributed by atoms with E-state index >= 15 is 0 Å². The number of hydrogen-bond acceptors (Lipinski definition) is 5. The predicted octanol–water partition coefficient (Wildman–Crippen LogP) is 5.31. The van der Waals surface area contributed by atoms with Crippen LogP contribution in [0.25, 0.3) is 5.76 Å². The molecule has 164 valence electrons. The number of anilines is 1. The normalized spacial score (nSPS) is 17.9. The summed E-state index contributed by atoms with van der Waals surface area (Å²) in [5.41, 5.74) is 3.01. The molecular weight excluding hydrogens is 406 g/mol. The van der Waals surface area contributed by atoms with Gasteiger partial charge in [0.2, 0.25) is 0 Å². The molecule has 1 aliphatic heterocycles. The van der Waals surface area contributed by atoms with E-state index in [-0.39, 0.29) is 17.4 Å². The van der Waals surface area contributed by atoms with Gasteiger partial charge in [0.1, 0.15) is 23.3 Å². The van der Waals surface area contributed by atoms with Gasteiger partial charge in [0.15, 0.2) is 0 Å². The second-order valence-electron chi connectivity index (χ2n) is 8.14. The van der Waals surface area contributed by atoms with E-state index in [1.807, 2.05) is 33.8 Å². The minimum absolute atomic E-state index is 0.00397. The van der Waals surface area contributed by atoms with Crippen molar-refractivity contribution >= 4 is 23.1 Å². The van der Waals surface area contributed by atoms with Crippen LogP contribution in [0, 0.1) is 13.8 Å². The highest BCUT2D eigenvalue weighted by atomic mass is 16.5. The van der Waals surface area contributed by atoms with E-state index in [0.717, 1.165) is 11.1 Å². The van der Waals surface area contributed by atoms with Crippen molar-refractivity contribution in [1.82, 2.24) is 0 Å². The van der Waals surface area contributed by atoms with E-state index in [1.54, 1.807) is 48.5 Å². The number of hydrogen-bond donors (Lipinski definition) is 1. The molecule has 2 aromatic carbocycles. The number of amides is 1. The molecule has 1 fully saturated rings. The molecule has 6 nitrogen and oxygen atoms in total. The van der Waals surface area contributed by atoms with Crippen LogP contribution in [0.5, 0.6) is 5.75 Å². The number of ether oxygens (including phenoxy) is 1. The van der Waals surface area contributed by atoms with Crippen molar-refractivity contribution in [1.29, 1.82) is 0 Å². The second kappa shape index (κ2) is 8.38. The van der Waals surface area contributed by atoms with Crippen LogP contribution >= 0.6 is 0 Å². The Kier molecular flexibility index (Phi) is 5.61. The van der Waals surface area contributed by atoms with E-state index in [1.165, 1.54) is 11.2 Å². The number of aliphatic hydroxyl groups is 1. The zero-order valence-electron chi connectivity index (χ0n) is 18.5. The maximum Gasteiger partial charge on any atom is 0.300 e. The molecular formula is C26H25NO5. The Morgan fingerprint density at radius 3 is 2.34 bits per heavy atom. The number of carbonyl (C=O) groups excluding carboxylic acids is 2. The Hall–Kier alpha value is -3.80. The number of benzene rings is 2. The van der Waals surface area contributed by atoms with E-state index in [2.05, 4.69) is 0 Å². The van der Waals surface area contributed by atoms with Crippen molar-refractivity contribution < 1.29 is 23.8 Å². The van der Waals surface area contributed by atoms with Crippen LogP contribution in [0.1, 0.15) is 42.3 Å². The number of nitrogens with zero attached hydrogens (tertiary/aromatic N) is 1. The van der Waals surface area contributed by atoms with Gasteiger partial charge in [-0.25, -0.2) is 0 Å². The molecule has 3 aromatic rings. The SMILES string of the molecule is Cc1ccc(/C(O)=C2/C(=O)C(=O)N(c3ccc(OC(C)C)cc3)C2c2ccco2)cc1C. The number of rotatable bonds is 5. The highest BCUT2D eigenvalue weighted by molar-refractivity contribution is 6.51. The summed E-state index contributed by atoms with van der Waals surface area (Å²) in [5.74, 6) is -0.670. The Morgan fingerprint density at radius 2 is 1.75 bits per heavy atom. The highest BCUT2D eigenvalue weighted by Gasteiger charge is 2.48. The van der Waals surface area contributed by atoms with Crippen LogP contribution in [-0.2, 0) is 9.59 Å². The third-order valence-electron chi connectivity index (χ3n) is 5.52. The van der Waals surface area contributed by atoms with Crippen molar-refractivity contribution in [2.24, 2.45) is 0 Å². The molecule has 1 atom stereocenters. The third kappa shape index (κ3) is 3.80. The van der Waals surface area contributed by atoms with E-state index < -0.39 is 17.7 Å². The molecule has 1 amide bonds. The van der Waals surface area contributed by atoms with Gasteiger partial charge in [-0.05, 0) is 81.3 Å². The molecule has 6 heteroatoms. The fourth-order valence-electron chi connectivity index (χ4n) is 3.82. The lowest BCUT2D eigenvalue weighted by Crippen LogP contribution is -2.29. The van der Waals surface area contributed by atoms with Gasteiger partial charge in [0, 0.05) is 11.3 Å². The topological polar surface area (TPSA) is 80.0 Å². The van der Waals surface area contributed by atoms with Crippen molar-refractivity contribution in [3.63, 3.8) is 0 Å². The predicted molar refractivity (Wildman–Crippen MR) is 122 cm³/mol. The molecule has 4 rings (SSSR count). The molecule has 1 N–H and O–H groups in total. The van der Waals surface area contributed by atoms with Crippen LogP contribution in [0.15, 0.2) is 70.9 Å². The largest absolute Gasteiger partial charge is 0.507 e. The van der Waals surface area contributed by atoms with Crippen LogP contribution in [0.3, 0.4) is 0 Å². The van der Waals surface area contributed by atoms with Crippen molar-refractivity contribution in [2.75, 3.05) is 4.90 Å². The molecule has 1 saturated heterocycles. The van der Waals surface area contributed by atoms with Gasteiger partial charge in [-0.3, -0.25) is 14.5 Å². The van der Waals surface area contributed by atoms with Gasteiger partial charge in [0.05, 0.1) is 17.9 Å². The number of aliphatic hydroxyl groups excluding tert-OH is 1. The van der Waals surface area contributed by atoms with E-state index in [0.29, 0.717) is 22.8 Å². The number of ketones is 1. The van der Waals surface area contributed by atoms with Crippen LogP contribution < -0.4 is 9.64 Å². The number of aryl methyl sites for hydroxylation is 2. The first kappa shape index (κ1) is 21.4. The summed E-state index contributed by atoms with van der Waals surface area (Å²) < 4.78 is 11.3. The molecule has 0 bridgehead atoms. The maximum atomic E-state index is 13.1. The zero-order chi connectivity index (χ0) is 23.0. The smallest absolute Gasteiger partial charge is 0.300 e. The first-order chi connectivity index (χ1) is 15.3. The summed E-state index contributed by atoms with van der Waals surface area (Å²) in [6.45, 7) is 7.75. The third-order valence-corrected chi connectivity index (χ3v) is 5.52. The standard InChI is InChI=1S/C26H25NO5/c1-15(2)32-20-11-9-19(10-12-20)27-23(21-6-5-13-31-21)22(25(29)26(27)30)24(28)18-8-7-16(3)17(4)14-18/h5-15,23,28H,1-4H3/b24-22-. The number of furan rings is 1. The van der Waals surface area contributed by atoms with Gasteiger partial charge in [-0.2, -0.15) is 0 Å². The van der Waals surface area contributed by atoms with E-state index in [4.69, 9.17) is 9.15 Å². The van der Waals surface area contributed by atoms with Crippen molar-refractivity contribution in [2.45, 2.75) is 39.8 Å². The Bertz CT molecular complexity index is 1190. The van der Waals surface area contributed by atoms with Crippen LogP contribution in [-0.4, -0.2) is 22.9 Å². The highest BCUT2D eigenvalue weighted by Crippen LogP contribution is 2.42. The summed E-state index contributed by atoms with van der Waals surface area (Å²) in [4.78, 5) is 27.6. The molecule has 1 aromatic heterocycles. The minimum atomic E-state index is -0.886. The van der Waals surface area contributed by atoms with Gasteiger partial charge in [0.25, 0.3) is 11.7 Å². The molecule has 1 aliphatic rings. The second-order valence-corrected chi connectivity index (χ2v) is 8.14. The van der Waals surface area contributed by atoms with Gasteiger partial charge in [-0.15, -0.1) is 0 Å². The molecule has 0 radical (unpaired) electrons. The Morgan fingerprint density at radius 1 is 1.03 bits per heavy atom. The average molecular weight is 431 g/mol. The minimum Gasteiger partial charge on any atom is -0.507 e. The first-order valence-corrected chi connectivity index (χ1v) is 10.5. The Labute approximate surface area is 186 Å². The van der Waals surface area contributed by atoms with E-state index in [9.17, 15) is 14.7 Å². The Balaban J connectivity index is 1.84. The summed E-state index contributed by atoms with van der Waals surface area (Å²) in [6, 6.07) is 14.8.